The Hall–Kier alpha value is -1.09. The number of piperidine rings is 1. The summed E-state index contributed by atoms with van der Waals surface area (Å²) in [7, 11) is 1.95. The van der Waals surface area contributed by atoms with E-state index in [-0.39, 0.29) is 23.9 Å². The average molecular weight is 403 g/mol. The van der Waals surface area contributed by atoms with Crippen molar-refractivity contribution in [3.63, 3.8) is 0 Å². The topological polar surface area (TPSA) is 66.7 Å². The predicted molar refractivity (Wildman–Crippen MR) is 106 cm³/mol. The number of fused-ring (bicyclic) bond motifs is 1. The third-order valence-corrected chi connectivity index (χ3v) is 5.90. The van der Waals surface area contributed by atoms with Crippen LogP contribution < -0.4 is 10.9 Å². The molecule has 1 saturated heterocycles. The molecule has 1 atom stereocenters. The monoisotopic (exact) mass is 402 g/mol. The third-order valence-electron chi connectivity index (χ3n) is 4.20. The van der Waals surface area contributed by atoms with Crippen LogP contribution in [0.15, 0.2) is 22.4 Å². The minimum atomic E-state index is -0.0610. The fourth-order valence-corrected chi connectivity index (χ4v) is 4.60. The molecule has 1 fully saturated rings. The Bertz CT molecular complexity index is 762. The second kappa shape index (κ2) is 9.56. The summed E-state index contributed by atoms with van der Waals surface area (Å²) in [6, 6.07) is 1.56. The van der Waals surface area contributed by atoms with Crippen molar-refractivity contribution in [2.45, 2.75) is 18.6 Å². The Morgan fingerprint density at radius 3 is 3.16 bits per heavy atom. The number of carbonyl (C=O) groups excluding carboxylic acids is 1. The number of hydrogen-bond donors (Lipinski definition) is 1. The van der Waals surface area contributed by atoms with Gasteiger partial charge in [0.1, 0.15) is 0 Å². The summed E-state index contributed by atoms with van der Waals surface area (Å²) in [6.07, 6.45) is 4.00. The molecule has 1 N–H and O–H groups in total. The van der Waals surface area contributed by atoms with Crippen molar-refractivity contribution >= 4 is 46.4 Å². The molecule has 2 aromatic heterocycles. The summed E-state index contributed by atoms with van der Waals surface area (Å²) in [5, 5.41) is 5.05. The van der Waals surface area contributed by atoms with Crippen molar-refractivity contribution in [2.75, 3.05) is 32.4 Å². The van der Waals surface area contributed by atoms with Gasteiger partial charge < -0.3 is 10.2 Å². The van der Waals surface area contributed by atoms with Crippen molar-refractivity contribution in [2.24, 2.45) is 5.92 Å². The molecule has 3 heterocycles. The highest BCUT2D eigenvalue weighted by atomic mass is 35.5. The molecule has 25 heavy (non-hydrogen) atoms. The second-order valence-corrected chi connectivity index (χ2v) is 7.90. The van der Waals surface area contributed by atoms with Crippen molar-refractivity contribution < 1.29 is 4.79 Å². The molecule has 1 aliphatic heterocycles. The highest BCUT2D eigenvalue weighted by Crippen LogP contribution is 2.18. The molecule has 9 heteroatoms. The number of thioether (sulfide) groups is 1. The summed E-state index contributed by atoms with van der Waals surface area (Å²) in [5.74, 6) is 1.77. The lowest BCUT2D eigenvalue weighted by Gasteiger charge is -2.32. The zero-order chi connectivity index (χ0) is 16.9. The molecular weight excluding hydrogens is 380 g/mol. The van der Waals surface area contributed by atoms with Crippen molar-refractivity contribution in [1.82, 2.24) is 19.6 Å². The molecule has 138 valence electrons. The van der Waals surface area contributed by atoms with E-state index in [9.17, 15) is 9.59 Å². The number of thiazole rings is 1. The fourth-order valence-electron chi connectivity index (χ4n) is 3.04. The van der Waals surface area contributed by atoms with E-state index in [0.717, 1.165) is 31.7 Å². The van der Waals surface area contributed by atoms with E-state index in [1.807, 2.05) is 17.3 Å². The summed E-state index contributed by atoms with van der Waals surface area (Å²) in [6.45, 7) is 2.67. The smallest absolute Gasteiger partial charge is 0.258 e. The maximum Gasteiger partial charge on any atom is 0.258 e. The first kappa shape index (κ1) is 20.2. The van der Waals surface area contributed by atoms with Gasteiger partial charge in [-0.15, -0.1) is 35.5 Å². The molecule has 0 aliphatic carbocycles. The van der Waals surface area contributed by atoms with Crippen LogP contribution in [0.4, 0.5) is 0 Å². The summed E-state index contributed by atoms with van der Waals surface area (Å²) >= 11 is 2.97. The zero-order valence-corrected chi connectivity index (χ0v) is 16.6. The Kier molecular flexibility index (Phi) is 7.74. The van der Waals surface area contributed by atoms with E-state index in [0.29, 0.717) is 22.4 Å². The van der Waals surface area contributed by atoms with E-state index in [4.69, 9.17) is 0 Å². The number of carbonyl (C=O) groups is 1. The van der Waals surface area contributed by atoms with E-state index < -0.39 is 0 Å². The van der Waals surface area contributed by atoms with Gasteiger partial charge in [-0.1, -0.05) is 0 Å². The van der Waals surface area contributed by atoms with E-state index >= 15 is 0 Å². The Morgan fingerprint density at radius 1 is 1.52 bits per heavy atom. The number of amides is 1. The summed E-state index contributed by atoms with van der Waals surface area (Å²) < 4.78 is 1.54. The van der Waals surface area contributed by atoms with Gasteiger partial charge in [0, 0.05) is 36.5 Å². The summed E-state index contributed by atoms with van der Waals surface area (Å²) in [4.78, 5) is 31.5. The number of nitrogens with zero attached hydrogens (tertiary/aromatic N) is 3. The Labute approximate surface area is 161 Å². The molecule has 0 radical (unpaired) electrons. The highest BCUT2D eigenvalue weighted by Gasteiger charge is 2.22. The van der Waals surface area contributed by atoms with Gasteiger partial charge in [-0.25, -0.2) is 4.98 Å². The normalized spacial score (nSPS) is 17.5. The molecule has 0 spiro atoms. The van der Waals surface area contributed by atoms with Crippen molar-refractivity contribution in [3.8, 4) is 0 Å². The fraction of sp³-hybridized carbons (Fsp3) is 0.562. The molecule has 1 aliphatic rings. The largest absolute Gasteiger partial charge is 0.342 e. The number of rotatable bonds is 6. The second-order valence-electron chi connectivity index (χ2n) is 6.04. The van der Waals surface area contributed by atoms with Crippen LogP contribution in [-0.4, -0.2) is 52.6 Å². The lowest BCUT2D eigenvalue weighted by molar-refractivity contribution is -0.130. The van der Waals surface area contributed by atoms with Gasteiger partial charge in [0.25, 0.3) is 5.56 Å². The standard InChI is InChI=1S/C16H22N4O2S2.ClH/c1-17-8-12-3-2-4-19(9-12)15(22)11-23-10-13-7-14(21)20-5-6-24-16(20)18-13;/h5-7,12,17H,2-4,8-11H2,1H3;1H. The number of nitrogens with one attached hydrogen (secondary N) is 1. The van der Waals surface area contributed by atoms with Crippen molar-refractivity contribution in [1.29, 1.82) is 0 Å². The maximum atomic E-state index is 12.4. The Morgan fingerprint density at radius 2 is 2.36 bits per heavy atom. The number of likely N-dealkylation sites (tertiary alicyclic amines) is 1. The van der Waals surface area contributed by atoms with Gasteiger partial charge in [0.2, 0.25) is 5.91 Å². The van der Waals surface area contributed by atoms with E-state index in [1.165, 1.54) is 29.5 Å². The van der Waals surface area contributed by atoms with Crippen LogP contribution in [0.25, 0.3) is 4.96 Å². The number of halogens is 1. The molecule has 0 saturated carbocycles. The van der Waals surface area contributed by atoms with Crippen LogP contribution in [0, 0.1) is 5.92 Å². The highest BCUT2D eigenvalue weighted by molar-refractivity contribution is 7.99. The average Bonchev–Trinajstić information content (AvgIpc) is 3.04. The van der Waals surface area contributed by atoms with Crippen LogP contribution in [0.5, 0.6) is 0 Å². The van der Waals surface area contributed by atoms with Crippen LogP contribution in [0.2, 0.25) is 0 Å². The molecule has 6 nitrogen and oxygen atoms in total. The molecule has 1 unspecified atom stereocenters. The first-order chi connectivity index (χ1) is 11.7. The van der Waals surface area contributed by atoms with Gasteiger partial charge in [-0.2, -0.15) is 0 Å². The third kappa shape index (κ3) is 5.20. The maximum absolute atomic E-state index is 12.4. The van der Waals surface area contributed by atoms with Crippen molar-refractivity contribution in [3.05, 3.63) is 33.7 Å². The van der Waals surface area contributed by atoms with Crippen LogP contribution in [0.3, 0.4) is 0 Å². The number of hydrogen-bond acceptors (Lipinski definition) is 6. The minimum Gasteiger partial charge on any atom is -0.342 e. The molecule has 0 bridgehead atoms. The first-order valence-electron chi connectivity index (χ1n) is 8.13. The van der Waals surface area contributed by atoms with Gasteiger partial charge in [-0.05, 0) is 32.4 Å². The minimum absolute atomic E-state index is 0. The van der Waals surface area contributed by atoms with Gasteiger partial charge >= 0.3 is 0 Å². The molecule has 1 amide bonds. The van der Waals surface area contributed by atoms with Gasteiger partial charge in [0.15, 0.2) is 4.96 Å². The van der Waals surface area contributed by atoms with Crippen LogP contribution in [-0.2, 0) is 10.5 Å². The van der Waals surface area contributed by atoms with Gasteiger partial charge in [-0.3, -0.25) is 14.0 Å². The lowest BCUT2D eigenvalue weighted by Crippen LogP contribution is -2.43. The molecule has 0 aromatic carbocycles. The van der Waals surface area contributed by atoms with E-state index in [2.05, 4.69) is 10.3 Å². The summed E-state index contributed by atoms with van der Waals surface area (Å²) in [5.41, 5.74) is 0.682. The SMILES string of the molecule is CNCC1CCCN(C(=O)CSCc2cc(=O)n3ccsc3n2)C1.Cl. The molecular formula is C16H23ClN4O2S2. The van der Waals surface area contributed by atoms with Crippen LogP contribution >= 0.6 is 35.5 Å². The molecule has 3 rings (SSSR count). The lowest BCUT2D eigenvalue weighted by atomic mass is 9.98. The first-order valence-corrected chi connectivity index (χ1v) is 10.2. The quantitative estimate of drug-likeness (QED) is 0.798. The Balaban J connectivity index is 0.00000225. The predicted octanol–water partition coefficient (Wildman–Crippen LogP) is 1.87. The van der Waals surface area contributed by atoms with Crippen LogP contribution in [0.1, 0.15) is 18.5 Å². The number of aromatic nitrogens is 2. The molecule has 2 aromatic rings. The van der Waals surface area contributed by atoms with Gasteiger partial charge in [0.05, 0.1) is 11.4 Å². The zero-order valence-electron chi connectivity index (χ0n) is 14.1. The van der Waals surface area contributed by atoms with E-state index in [1.54, 1.807) is 16.7 Å².